The molecule has 1 fully saturated rings. The number of benzene rings is 2. The van der Waals surface area contributed by atoms with Gasteiger partial charge in [-0.1, -0.05) is 35.9 Å². The van der Waals surface area contributed by atoms with E-state index in [-0.39, 0.29) is 5.91 Å². The largest absolute Gasteiger partial charge is 0.496 e. The molecule has 0 radical (unpaired) electrons. The zero-order valence-electron chi connectivity index (χ0n) is 22.5. The highest BCUT2D eigenvalue weighted by Crippen LogP contribution is 2.40. The summed E-state index contributed by atoms with van der Waals surface area (Å²) in [6, 6.07) is 12.3. The van der Waals surface area contributed by atoms with E-state index in [1.807, 2.05) is 38.3 Å². The molecule has 1 aliphatic carbocycles. The summed E-state index contributed by atoms with van der Waals surface area (Å²) in [4.78, 5) is 20.6. The first-order valence-electron chi connectivity index (χ1n) is 14.0. The fourth-order valence-corrected chi connectivity index (χ4v) is 7.02. The summed E-state index contributed by atoms with van der Waals surface area (Å²) in [7, 11) is 1.84. The molecule has 2 aliphatic rings. The van der Waals surface area contributed by atoms with Crippen LogP contribution in [0.3, 0.4) is 0 Å². The second-order valence-corrected chi connectivity index (χ2v) is 12.0. The van der Waals surface area contributed by atoms with Crippen molar-refractivity contribution in [3.05, 3.63) is 68.7 Å². The Balaban J connectivity index is 1.04. The highest BCUT2D eigenvalue weighted by Gasteiger charge is 2.26. The minimum Gasteiger partial charge on any atom is -0.496 e. The maximum atomic E-state index is 12.8. The molecule has 38 heavy (non-hydrogen) atoms. The van der Waals surface area contributed by atoms with Crippen molar-refractivity contribution in [1.29, 1.82) is 0 Å². The van der Waals surface area contributed by atoms with E-state index < -0.39 is 0 Å². The summed E-state index contributed by atoms with van der Waals surface area (Å²) in [5, 5.41) is 4.64. The van der Waals surface area contributed by atoms with Crippen molar-refractivity contribution in [3.63, 3.8) is 0 Å². The number of aryl methyl sites for hydroxylation is 2. The van der Waals surface area contributed by atoms with Crippen LogP contribution in [0.4, 0.5) is 0 Å². The number of likely N-dealkylation sites (tertiary alicyclic amines) is 1. The number of thiazole rings is 1. The molecule has 0 saturated carbocycles. The van der Waals surface area contributed by atoms with Gasteiger partial charge in [0.2, 0.25) is 0 Å². The van der Waals surface area contributed by atoms with Gasteiger partial charge in [0.25, 0.3) is 5.91 Å². The van der Waals surface area contributed by atoms with E-state index in [1.165, 1.54) is 65.9 Å². The lowest BCUT2D eigenvalue weighted by Gasteiger charge is -2.33. The minimum absolute atomic E-state index is 0.0278. The maximum Gasteiger partial charge on any atom is 0.263 e. The van der Waals surface area contributed by atoms with Gasteiger partial charge in [-0.15, -0.1) is 11.3 Å². The van der Waals surface area contributed by atoms with Gasteiger partial charge in [-0.2, -0.15) is 0 Å². The molecule has 1 aromatic heterocycles. The van der Waals surface area contributed by atoms with Crippen molar-refractivity contribution in [3.8, 4) is 16.3 Å². The van der Waals surface area contributed by atoms with Crippen LogP contribution < -0.4 is 10.1 Å². The monoisotopic (exact) mass is 551 g/mol. The zero-order chi connectivity index (χ0) is 26.5. The smallest absolute Gasteiger partial charge is 0.263 e. The Morgan fingerprint density at radius 3 is 2.63 bits per heavy atom. The molecule has 2 aromatic carbocycles. The molecule has 3 aromatic rings. The summed E-state index contributed by atoms with van der Waals surface area (Å²) >= 11 is 7.43. The molecule has 5 nitrogen and oxygen atoms in total. The Morgan fingerprint density at radius 1 is 1.11 bits per heavy atom. The molecule has 7 heteroatoms. The van der Waals surface area contributed by atoms with Crippen LogP contribution in [0.1, 0.15) is 76.5 Å². The van der Waals surface area contributed by atoms with E-state index in [0.717, 1.165) is 55.2 Å². The van der Waals surface area contributed by atoms with E-state index in [1.54, 1.807) is 0 Å². The minimum atomic E-state index is -0.0278. The van der Waals surface area contributed by atoms with Crippen molar-refractivity contribution < 1.29 is 9.53 Å². The number of ether oxygens (including phenoxy) is 1. The quantitative estimate of drug-likeness (QED) is 0.289. The number of fused-ring (bicyclic) bond motifs is 1. The van der Waals surface area contributed by atoms with Gasteiger partial charge < -0.3 is 15.0 Å². The molecule has 5 rings (SSSR count). The molecule has 0 spiro atoms. The van der Waals surface area contributed by atoms with Gasteiger partial charge in [-0.25, -0.2) is 4.98 Å². The maximum absolute atomic E-state index is 12.8. The molecule has 1 N–H and O–H groups in total. The van der Waals surface area contributed by atoms with Crippen molar-refractivity contribution in [2.45, 2.75) is 64.2 Å². The van der Waals surface area contributed by atoms with E-state index in [0.29, 0.717) is 22.4 Å². The number of carbonyl (C=O) groups excluding carboxylic acids is 1. The van der Waals surface area contributed by atoms with Crippen LogP contribution in [0.5, 0.6) is 5.75 Å². The lowest BCUT2D eigenvalue weighted by molar-refractivity contribution is 0.0955. The number of carbonyl (C=O) groups is 1. The summed E-state index contributed by atoms with van der Waals surface area (Å²) in [5.74, 6) is 1.74. The summed E-state index contributed by atoms with van der Waals surface area (Å²) in [6.45, 7) is 5.93. The van der Waals surface area contributed by atoms with Gasteiger partial charge in [0.1, 0.15) is 15.6 Å². The molecular weight excluding hydrogens is 514 g/mol. The topological polar surface area (TPSA) is 54.5 Å². The fourth-order valence-electron chi connectivity index (χ4n) is 5.91. The molecule has 0 bridgehead atoms. The van der Waals surface area contributed by atoms with E-state index in [9.17, 15) is 4.79 Å². The second kappa shape index (κ2) is 12.6. The Bertz CT molecular complexity index is 1250. The normalized spacial score (nSPS) is 16.3. The number of aromatic nitrogens is 1. The summed E-state index contributed by atoms with van der Waals surface area (Å²) in [6.07, 6.45) is 9.37. The Hall–Kier alpha value is -2.41. The third-order valence-corrected chi connectivity index (χ3v) is 9.48. The number of halogens is 1. The van der Waals surface area contributed by atoms with Crippen LogP contribution in [0.2, 0.25) is 5.02 Å². The SMILES string of the molecule is COc1c(C2CCN(CCCCNC(=O)c3sc(-c4ccc(Cl)cc4)nc3C)CC2)ccc2c1CCCC2. The Labute approximate surface area is 235 Å². The van der Waals surface area contributed by atoms with E-state index in [2.05, 4.69) is 27.3 Å². The molecule has 1 saturated heterocycles. The van der Waals surface area contributed by atoms with Crippen LogP contribution in [-0.2, 0) is 12.8 Å². The highest BCUT2D eigenvalue weighted by atomic mass is 35.5. The van der Waals surface area contributed by atoms with Crippen molar-refractivity contribution in [2.75, 3.05) is 33.3 Å². The van der Waals surface area contributed by atoms with E-state index >= 15 is 0 Å². The average Bonchev–Trinajstić information content (AvgIpc) is 3.34. The molecule has 1 amide bonds. The van der Waals surface area contributed by atoms with Crippen LogP contribution >= 0.6 is 22.9 Å². The summed E-state index contributed by atoms with van der Waals surface area (Å²) in [5.41, 5.74) is 6.14. The van der Waals surface area contributed by atoms with Crippen molar-refractivity contribution in [1.82, 2.24) is 15.2 Å². The van der Waals surface area contributed by atoms with Gasteiger partial charge in [0.05, 0.1) is 12.8 Å². The zero-order valence-corrected chi connectivity index (χ0v) is 24.1. The van der Waals surface area contributed by atoms with Crippen molar-refractivity contribution >= 4 is 28.8 Å². The van der Waals surface area contributed by atoms with Crippen LogP contribution in [0, 0.1) is 6.92 Å². The molecule has 2 heterocycles. The highest BCUT2D eigenvalue weighted by molar-refractivity contribution is 7.17. The van der Waals surface area contributed by atoms with Gasteiger partial charge in [-0.05, 0) is 113 Å². The standard InChI is InChI=1S/C31H38ClN3O2S/c1-21-29(38-31(34-21)24-9-12-25(32)13-10-24)30(36)33-17-5-6-18-35-19-15-23(16-20-35)27-14-11-22-7-3-4-8-26(22)28(27)37-2/h9-14,23H,3-8,15-20H2,1-2H3,(H,33,36). The first-order valence-corrected chi connectivity index (χ1v) is 15.2. The number of methoxy groups -OCH3 is 1. The lowest BCUT2D eigenvalue weighted by atomic mass is 9.83. The van der Waals surface area contributed by atoms with Crippen molar-refractivity contribution in [2.24, 2.45) is 0 Å². The fraction of sp³-hybridized carbons (Fsp3) is 0.484. The lowest BCUT2D eigenvalue weighted by Crippen LogP contribution is -2.34. The second-order valence-electron chi connectivity index (χ2n) is 10.6. The Morgan fingerprint density at radius 2 is 1.87 bits per heavy atom. The number of amides is 1. The number of nitrogens with zero attached hydrogens (tertiary/aromatic N) is 2. The first-order chi connectivity index (χ1) is 18.5. The molecule has 1 aliphatic heterocycles. The number of nitrogens with one attached hydrogen (secondary N) is 1. The number of rotatable bonds is 9. The number of piperidine rings is 1. The predicted molar refractivity (Wildman–Crippen MR) is 157 cm³/mol. The van der Waals surface area contributed by atoms with Gasteiger partial charge >= 0.3 is 0 Å². The van der Waals surface area contributed by atoms with Crippen LogP contribution in [-0.4, -0.2) is 49.1 Å². The molecule has 202 valence electrons. The van der Waals surface area contributed by atoms with Gasteiger partial charge in [-0.3, -0.25) is 4.79 Å². The Kier molecular flexibility index (Phi) is 9.03. The average molecular weight is 552 g/mol. The third-order valence-electron chi connectivity index (χ3n) is 8.02. The number of hydrogen-bond acceptors (Lipinski definition) is 5. The van der Waals surface area contributed by atoms with E-state index in [4.69, 9.17) is 16.3 Å². The predicted octanol–water partition coefficient (Wildman–Crippen LogP) is 7.05. The van der Waals surface area contributed by atoms with Gasteiger partial charge in [0, 0.05) is 17.1 Å². The third kappa shape index (κ3) is 6.24. The van der Waals surface area contributed by atoms with Crippen LogP contribution in [0.15, 0.2) is 36.4 Å². The summed E-state index contributed by atoms with van der Waals surface area (Å²) < 4.78 is 5.95. The molecular formula is C31H38ClN3O2S. The first kappa shape index (κ1) is 27.2. The number of unbranched alkanes of at least 4 members (excludes halogenated alkanes) is 1. The molecule has 0 unspecified atom stereocenters. The number of hydrogen-bond donors (Lipinski definition) is 1. The van der Waals surface area contributed by atoms with Gasteiger partial charge in [0.15, 0.2) is 0 Å². The molecule has 0 atom stereocenters. The van der Waals surface area contributed by atoms with Crippen LogP contribution in [0.25, 0.3) is 10.6 Å².